The standard InChI is InChI=1S/C53H39N/c1-3-16-38-34(2)52(45-31-29-37(33-42(38)45)50-32-30-36-19-15-22-39(51(36)54-50)35-17-5-4-6-18-35)46-25-11-13-27-48(46)53(49-28-14-12-26-47(49)52)43-23-9-7-20-40(43)41-21-8-10-24-44(41)53/h3-33,51,54H,1-2H3/b16-3-. The van der Waals surface area contributed by atoms with Crippen LogP contribution in [0.5, 0.6) is 0 Å². The summed E-state index contributed by atoms with van der Waals surface area (Å²) in [6.45, 7) is 4.53. The second kappa shape index (κ2) is 11.5. The summed E-state index contributed by atoms with van der Waals surface area (Å²) in [6, 6.07) is 54.9. The molecule has 1 atom stereocenters. The largest absolute Gasteiger partial charge is 0.374 e. The van der Waals surface area contributed by atoms with Crippen LogP contribution in [-0.4, -0.2) is 6.04 Å². The van der Waals surface area contributed by atoms with E-state index < -0.39 is 10.8 Å². The molecule has 0 aromatic heterocycles. The summed E-state index contributed by atoms with van der Waals surface area (Å²) in [6.07, 6.45) is 15.7. The van der Waals surface area contributed by atoms with E-state index in [1.165, 1.54) is 89.1 Å². The third kappa shape index (κ3) is 3.89. The predicted octanol–water partition coefficient (Wildman–Crippen LogP) is 12.0. The van der Waals surface area contributed by atoms with Gasteiger partial charge in [-0.15, -0.1) is 0 Å². The van der Waals surface area contributed by atoms with Crippen LogP contribution < -0.4 is 5.32 Å². The zero-order valence-electron chi connectivity index (χ0n) is 30.5. The topological polar surface area (TPSA) is 12.0 Å². The Morgan fingerprint density at radius 2 is 1.07 bits per heavy atom. The molecule has 6 aromatic carbocycles. The zero-order chi connectivity index (χ0) is 36.0. The molecular formula is C53H39N. The first-order valence-electron chi connectivity index (χ1n) is 19.2. The summed E-state index contributed by atoms with van der Waals surface area (Å²) in [5.41, 5.74) is 21.5. The van der Waals surface area contributed by atoms with E-state index in [-0.39, 0.29) is 6.04 Å². The van der Waals surface area contributed by atoms with Crippen molar-refractivity contribution in [3.8, 4) is 11.1 Å². The minimum atomic E-state index is -0.452. The van der Waals surface area contributed by atoms with Crippen molar-refractivity contribution in [2.75, 3.05) is 0 Å². The summed E-state index contributed by atoms with van der Waals surface area (Å²) >= 11 is 0. The van der Waals surface area contributed by atoms with E-state index in [1.54, 1.807) is 0 Å². The van der Waals surface area contributed by atoms with E-state index in [4.69, 9.17) is 0 Å². The fraction of sp³-hybridized carbons (Fsp3) is 0.0943. The maximum absolute atomic E-state index is 3.96. The smallest absolute Gasteiger partial charge is 0.0773 e. The SMILES string of the molecule is C/C=C\C1=C(C)C2(c3ccc(C4=CC=C5C=CC=C(c6ccccc6)C5N4)cc31)c1ccccc1C1(c3ccccc3-c3ccccc31)c1ccccc12. The predicted molar refractivity (Wildman–Crippen MR) is 224 cm³/mol. The number of dihydropyridines is 1. The zero-order valence-corrected chi connectivity index (χ0v) is 30.5. The highest BCUT2D eigenvalue weighted by molar-refractivity contribution is 5.95. The molecule has 0 saturated carbocycles. The maximum Gasteiger partial charge on any atom is 0.0773 e. The minimum absolute atomic E-state index is 0.0923. The summed E-state index contributed by atoms with van der Waals surface area (Å²) in [5, 5.41) is 3.96. The average molecular weight is 690 g/mol. The second-order valence-electron chi connectivity index (χ2n) is 15.2. The minimum Gasteiger partial charge on any atom is -0.374 e. The van der Waals surface area contributed by atoms with Gasteiger partial charge in [-0.25, -0.2) is 0 Å². The van der Waals surface area contributed by atoms with Crippen molar-refractivity contribution >= 4 is 16.8 Å². The van der Waals surface area contributed by atoms with E-state index in [2.05, 4.69) is 207 Å². The molecule has 1 nitrogen and oxygen atoms in total. The lowest BCUT2D eigenvalue weighted by Crippen LogP contribution is -2.44. The molecule has 0 saturated heterocycles. The molecule has 1 heterocycles. The highest BCUT2D eigenvalue weighted by atomic mass is 14.9. The van der Waals surface area contributed by atoms with Gasteiger partial charge in [0.05, 0.1) is 16.9 Å². The summed E-state index contributed by atoms with van der Waals surface area (Å²) < 4.78 is 0. The number of allylic oxidation sites excluding steroid dienone is 8. The molecule has 256 valence electrons. The van der Waals surface area contributed by atoms with Crippen LogP contribution >= 0.6 is 0 Å². The molecule has 1 N–H and O–H groups in total. The van der Waals surface area contributed by atoms with Gasteiger partial charge in [0, 0.05) is 5.70 Å². The number of fused-ring (bicyclic) bond motifs is 14. The Morgan fingerprint density at radius 3 is 1.70 bits per heavy atom. The van der Waals surface area contributed by atoms with Crippen LogP contribution in [0.4, 0.5) is 0 Å². The van der Waals surface area contributed by atoms with Gasteiger partial charge < -0.3 is 5.32 Å². The van der Waals surface area contributed by atoms with Crippen LogP contribution in [0.2, 0.25) is 0 Å². The van der Waals surface area contributed by atoms with E-state index in [0.717, 1.165) is 5.70 Å². The Balaban J connectivity index is 1.13. The van der Waals surface area contributed by atoms with Gasteiger partial charge in [0.15, 0.2) is 0 Å². The fourth-order valence-corrected chi connectivity index (χ4v) is 10.7. The van der Waals surface area contributed by atoms with Crippen molar-refractivity contribution in [2.45, 2.75) is 30.7 Å². The van der Waals surface area contributed by atoms with Gasteiger partial charge in [-0.3, -0.25) is 0 Å². The third-order valence-electron chi connectivity index (χ3n) is 12.8. The second-order valence-corrected chi connectivity index (χ2v) is 15.2. The van der Waals surface area contributed by atoms with Crippen LogP contribution in [0.15, 0.2) is 199 Å². The number of benzene rings is 6. The highest BCUT2D eigenvalue weighted by Gasteiger charge is 2.58. The lowest BCUT2D eigenvalue weighted by Gasteiger charge is -2.49. The molecule has 0 fully saturated rings. The molecule has 0 bridgehead atoms. The van der Waals surface area contributed by atoms with E-state index in [0.29, 0.717) is 0 Å². The van der Waals surface area contributed by atoms with E-state index in [1.807, 2.05) is 0 Å². The molecule has 11 rings (SSSR count). The highest BCUT2D eigenvalue weighted by Crippen LogP contribution is 2.66. The van der Waals surface area contributed by atoms with Crippen LogP contribution in [0, 0.1) is 0 Å². The van der Waals surface area contributed by atoms with Gasteiger partial charge in [0.2, 0.25) is 0 Å². The van der Waals surface area contributed by atoms with Crippen molar-refractivity contribution < 1.29 is 0 Å². The number of rotatable bonds is 3. The molecule has 1 heteroatoms. The lowest BCUT2D eigenvalue weighted by atomic mass is 9.52. The Morgan fingerprint density at radius 1 is 0.519 bits per heavy atom. The number of hydrogen-bond acceptors (Lipinski definition) is 1. The summed E-state index contributed by atoms with van der Waals surface area (Å²) in [7, 11) is 0. The van der Waals surface area contributed by atoms with Crippen LogP contribution in [0.25, 0.3) is 28.0 Å². The van der Waals surface area contributed by atoms with E-state index >= 15 is 0 Å². The molecular weight excluding hydrogens is 651 g/mol. The molecule has 2 spiro atoms. The van der Waals surface area contributed by atoms with Gasteiger partial charge in [-0.05, 0) is 115 Å². The van der Waals surface area contributed by atoms with Crippen molar-refractivity contribution in [2.24, 2.45) is 0 Å². The summed E-state index contributed by atoms with van der Waals surface area (Å²) in [5.74, 6) is 0. The lowest BCUT2D eigenvalue weighted by molar-refractivity contribution is 0.623. The van der Waals surface area contributed by atoms with Crippen molar-refractivity contribution in [1.82, 2.24) is 5.32 Å². The molecule has 54 heavy (non-hydrogen) atoms. The van der Waals surface area contributed by atoms with Gasteiger partial charge in [0.25, 0.3) is 0 Å². The van der Waals surface area contributed by atoms with E-state index in [9.17, 15) is 0 Å². The quantitative estimate of drug-likeness (QED) is 0.195. The molecule has 6 aromatic rings. The monoisotopic (exact) mass is 689 g/mol. The molecule has 5 aliphatic rings. The Bertz CT molecular complexity index is 2670. The number of hydrogen-bond donors (Lipinski definition) is 1. The van der Waals surface area contributed by atoms with Crippen LogP contribution in [0.3, 0.4) is 0 Å². The maximum atomic E-state index is 3.96. The summed E-state index contributed by atoms with van der Waals surface area (Å²) in [4.78, 5) is 0. The van der Waals surface area contributed by atoms with Gasteiger partial charge in [-0.2, -0.15) is 0 Å². The van der Waals surface area contributed by atoms with Crippen molar-refractivity contribution in [3.63, 3.8) is 0 Å². The third-order valence-corrected chi connectivity index (χ3v) is 12.8. The Kier molecular flexibility index (Phi) is 6.64. The van der Waals surface area contributed by atoms with Crippen LogP contribution in [0.1, 0.15) is 69.5 Å². The Labute approximate surface area is 317 Å². The van der Waals surface area contributed by atoms with Gasteiger partial charge in [0.1, 0.15) is 0 Å². The molecule has 1 unspecified atom stereocenters. The van der Waals surface area contributed by atoms with Crippen molar-refractivity contribution in [3.05, 3.63) is 255 Å². The van der Waals surface area contributed by atoms with Gasteiger partial charge in [-0.1, -0.05) is 176 Å². The normalized spacial score (nSPS) is 18.9. The first-order chi connectivity index (χ1) is 26.7. The molecule has 0 amide bonds. The molecule has 1 aliphatic heterocycles. The Hall–Kier alpha value is -6.44. The van der Waals surface area contributed by atoms with Crippen LogP contribution in [-0.2, 0) is 10.8 Å². The first-order valence-corrected chi connectivity index (χ1v) is 19.2. The average Bonchev–Trinajstić information content (AvgIpc) is 3.66. The first kappa shape index (κ1) is 31.1. The molecule has 0 radical (unpaired) electrons. The van der Waals surface area contributed by atoms with Crippen molar-refractivity contribution in [1.29, 1.82) is 0 Å². The fourth-order valence-electron chi connectivity index (χ4n) is 10.7. The molecule has 4 aliphatic carbocycles. The number of nitrogens with one attached hydrogen (secondary N) is 1. The van der Waals surface area contributed by atoms with Gasteiger partial charge >= 0.3 is 0 Å².